The highest BCUT2D eigenvalue weighted by molar-refractivity contribution is 5.73. The molecule has 1 aromatic rings. The van der Waals surface area contributed by atoms with E-state index in [2.05, 4.69) is 4.98 Å². The number of aliphatic hydroxyl groups is 2. The van der Waals surface area contributed by atoms with Gasteiger partial charge in [0.1, 0.15) is 6.10 Å². The minimum atomic E-state index is -1.94. The molecule has 1 heterocycles. The zero-order chi connectivity index (χ0) is 13.0. The van der Waals surface area contributed by atoms with Gasteiger partial charge >= 0.3 is 11.9 Å². The van der Waals surface area contributed by atoms with E-state index in [1.54, 1.807) is 0 Å². The van der Waals surface area contributed by atoms with Crippen molar-refractivity contribution in [3.63, 3.8) is 0 Å². The fraction of sp³-hybridized carbons (Fsp3) is 0.300. The number of carbonyl (C=O) groups is 2. The lowest BCUT2D eigenvalue weighted by atomic mass is 10.1. The summed E-state index contributed by atoms with van der Waals surface area (Å²) in [5, 5.41) is 35.5. The Morgan fingerprint density at radius 3 is 2.29 bits per heavy atom. The summed E-state index contributed by atoms with van der Waals surface area (Å²) in [5.41, 5.74) is 0.382. The molecule has 0 aromatic carbocycles. The monoisotopic (exact) mass is 241 g/mol. The molecule has 2 atom stereocenters. The van der Waals surface area contributed by atoms with Crippen LogP contribution in [0.25, 0.3) is 0 Å². The molecule has 0 fully saturated rings. The molecule has 7 heteroatoms. The van der Waals surface area contributed by atoms with Crippen molar-refractivity contribution < 1.29 is 30.0 Å². The number of carboxylic acids is 2. The van der Waals surface area contributed by atoms with Gasteiger partial charge in [-0.05, 0) is 6.07 Å². The highest BCUT2D eigenvalue weighted by Gasteiger charge is 2.25. The van der Waals surface area contributed by atoms with Gasteiger partial charge in [-0.25, -0.2) is 4.79 Å². The van der Waals surface area contributed by atoms with E-state index < -0.39 is 24.1 Å². The molecule has 0 aliphatic rings. The molecular weight excluding hydrogens is 230 g/mol. The van der Waals surface area contributed by atoms with Gasteiger partial charge in [0.15, 0.2) is 6.10 Å². The van der Waals surface area contributed by atoms with Gasteiger partial charge < -0.3 is 20.4 Å². The van der Waals surface area contributed by atoms with Gasteiger partial charge in [0.2, 0.25) is 0 Å². The van der Waals surface area contributed by atoms with Crippen molar-refractivity contribution in [1.82, 2.24) is 4.98 Å². The Morgan fingerprint density at radius 2 is 1.88 bits per heavy atom. The zero-order valence-corrected chi connectivity index (χ0v) is 8.65. The van der Waals surface area contributed by atoms with Crippen molar-refractivity contribution >= 4 is 11.9 Å². The van der Waals surface area contributed by atoms with Crippen LogP contribution in [0.1, 0.15) is 17.4 Å². The molecule has 0 saturated carbocycles. The van der Waals surface area contributed by atoms with Gasteiger partial charge in [0.25, 0.3) is 0 Å². The molecule has 0 radical (unpaired) electrons. The topological polar surface area (TPSA) is 128 Å². The zero-order valence-electron chi connectivity index (χ0n) is 8.65. The Kier molecular flexibility index (Phi) is 4.13. The van der Waals surface area contributed by atoms with Crippen LogP contribution in [0.4, 0.5) is 0 Å². The second kappa shape index (κ2) is 5.37. The number of aliphatic carboxylic acids is 2. The van der Waals surface area contributed by atoms with E-state index in [9.17, 15) is 14.7 Å². The number of carboxylic acid groups (broad SMARTS) is 2. The molecule has 1 aromatic heterocycles. The summed E-state index contributed by atoms with van der Waals surface area (Å²) in [4.78, 5) is 24.5. The average Bonchev–Trinajstić information content (AvgIpc) is 2.27. The van der Waals surface area contributed by atoms with Gasteiger partial charge in [-0.1, -0.05) is 6.07 Å². The van der Waals surface area contributed by atoms with E-state index in [0.29, 0.717) is 0 Å². The van der Waals surface area contributed by atoms with Crippen LogP contribution in [0.3, 0.4) is 0 Å². The fourth-order valence-electron chi connectivity index (χ4n) is 1.19. The molecule has 4 N–H and O–H groups in total. The summed E-state index contributed by atoms with van der Waals surface area (Å²) in [6, 6.07) is 2.67. The molecule has 0 bridgehead atoms. The molecule has 0 amide bonds. The van der Waals surface area contributed by atoms with Crippen molar-refractivity contribution in [1.29, 1.82) is 0 Å². The van der Waals surface area contributed by atoms with Gasteiger partial charge in [-0.15, -0.1) is 0 Å². The molecular formula is C10H11NO6. The Hall–Kier alpha value is -1.99. The first-order valence-electron chi connectivity index (χ1n) is 4.67. The largest absolute Gasteiger partial charge is 0.481 e. The predicted molar refractivity (Wildman–Crippen MR) is 54.2 cm³/mol. The standard InChI is InChI=1S/C10H11NO6/c12-7(13)3-6-2-1-5(4-11-6)8(14)9(15)10(16)17/h1-2,4,8-9,14-15H,3H2,(H,12,13)(H,16,17). The number of hydrogen-bond acceptors (Lipinski definition) is 5. The quantitative estimate of drug-likeness (QED) is 0.530. The fourth-order valence-corrected chi connectivity index (χ4v) is 1.19. The van der Waals surface area contributed by atoms with Crippen molar-refractivity contribution in [2.24, 2.45) is 0 Å². The number of hydrogen-bond donors (Lipinski definition) is 4. The first kappa shape index (κ1) is 13.1. The summed E-state index contributed by atoms with van der Waals surface area (Å²) in [5.74, 6) is -2.59. The van der Waals surface area contributed by atoms with E-state index in [1.165, 1.54) is 12.1 Å². The Labute approximate surface area is 96.0 Å². The third kappa shape index (κ3) is 3.51. The molecule has 7 nitrogen and oxygen atoms in total. The number of aliphatic hydroxyl groups excluding tert-OH is 2. The summed E-state index contributed by atoms with van der Waals surface area (Å²) < 4.78 is 0. The maximum Gasteiger partial charge on any atom is 0.335 e. The van der Waals surface area contributed by atoms with E-state index in [1.807, 2.05) is 0 Å². The number of rotatable bonds is 5. The highest BCUT2D eigenvalue weighted by Crippen LogP contribution is 2.16. The van der Waals surface area contributed by atoms with Crippen molar-refractivity contribution in [3.8, 4) is 0 Å². The summed E-state index contributed by atoms with van der Waals surface area (Å²) >= 11 is 0. The number of aromatic nitrogens is 1. The van der Waals surface area contributed by atoms with Crippen LogP contribution in [-0.4, -0.2) is 43.5 Å². The first-order chi connectivity index (χ1) is 7.91. The van der Waals surface area contributed by atoms with Gasteiger partial charge in [-0.2, -0.15) is 0 Å². The second-order valence-corrected chi connectivity index (χ2v) is 3.38. The van der Waals surface area contributed by atoms with E-state index in [0.717, 1.165) is 6.20 Å². The number of nitrogens with zero attached hydrogens (tertiary/aromatic N) is 1. The van der Waals surface area contributed by atoms with E-state index in [4.69, 9.17) is 15.3 Å². The molecule has 0 saturated heterocycles. The van der Waals surface area contributed by atoms with Crippen LogP contribution in [0.15, 0.2) is 18.3 Å². The van der Waals surface area contributed by atoms with E-state index in [-0.39, 0.29) is 17.7 Å². The maximum atomic E-state index is 10.4. The van der Waals surface area contributed by atoms with Crippen LogP contribution in [-0.2, 0) is 16.0 Å². The minimum absolute atomic E-state index is 0.106. The van der Waals surface area contributed by atoms with Gasteiger partial charge in [0.05, 0.1) is 12.1 Å². The van der Waals surface area contributed by atoms with Crippen LogP contribution < -0.4 is 0 Å². The lowest BCUT2D eigenvalue weighted by Crippen LogP contribution is -2.27. The SMILES string of the molecule is O=C(O)Cc1ccc(C(O)C(O)C(=O)O)cn1. The Balaban J connectivity index is 2.80. The molecule has 17 heavy (non-hydrogen) atoms. The molecule has 2 unspecified atom stereocenters. The Morgan fingerprint density at radius 1 is 1.24 bits per heavy atom. The smallest absolute Gasteiger partial charge is 0.335 e. The van der Waals surface area contributed by atoms with E-state index >= 15 is 0 Å². The van der Waals surface area contributed by atoms with Crippen LogP contribution in [0.2, 0.25) is 0 Å². The lowest BCUT2D eigenvalue weighted by molar-refractivity contribution is -0.153. The molecule has 1 rings (SSSR count). The normalized spacial score (nSPS) is 14.0. The first-order valence-corrected chi connectivity index (χ1v) is 4.67. The lowest BCUT2D eigenvalue weighted by Gasteiger charge is -2.13. The van der Waals surface area contributed by atoms with Crippen LogP contribution >= 0.6 is 0 Å². The molecule has 0 aliphatic heterocycles. The van der Waals surface area contributed by atoms with Crippen molar-refractivity contribution in [3.05, 3.63) is 29.6 Å². The van der Waals surface area contributed by atoms with Crippen molar-refractivity contribution in [2.75, 3.05) is 0 Å². The third-order valence-corrected chi connectivity index (χ3v) is 2.07. The summed E-state index contributed by atoms with van der Waals surface area (Å²) in [6.07, 6.45) is -2.67. The third-order valence-electron chi connectivity index (χ3n) is 2.07. The van der Waals surface area contributed by atoms with Gasteiger partial charge in [-0.3, -0.25) is 9.78 Å². The van der Waals surface area contributed by atoms with Crippen LogP contribution in [0.5, 0.6) is 0 Å². The molecule has 92 valence electrons. The summed E-state index contributed by atoms with van der Waals surface area (Å²) in [7, 11) is 0. The molecule has 0 aliphatic carbocycles. The minimum Gasteiger partial charge on any atom is -0.481 e. The molecule has 0 spiro atoms. The van der Waals surface area contributed by atoms with Crippen molar-refractivity contribution in [2.45, 2.75) is 18.6 Å². The second-order valence-electron chi connectivity index (χ2n) is 3.38. The number of pyridine rings is 1. The van der Waals surface area contributed by atoms with Crippen LogP contribution in [0, 0.1) is 0 Å². The summed E-state index contributed by atoms with van der Waals surface area (Å²) in [6.45, 7) is 0. The highest BCUT2D eigenvalue weighted by atomic mass is 16.4. The maximum absolute atomic E-state index is 10.4. The van der Waals surface area contributed by atoms with Gasteiger partial charge in [0, 0.05) is 11.8 Å². The Bertz CT molecular complexity index is 415. The predicted octanol–water partition coefficient (Wildman–Crippen LogP) is -0.812. The average molecular weight is 241 g/mol.